The van der Waals surface area contributed by atoms with Crippen LogP contribution in [-0.2, 0) is 16.6 Å². The second-order valence-corrected chi connectivity index (χ2v) is 8.17. The van der Waals surface area contributed by atoms with Crippen LogP contribution in [0.4, 0.5) is 4.39 Å². The number of carbonyl (C=O) groups excluding carboxylic acids is 1. The van der Waals surface area contributed by atoms with Crippen LogP contribution < -0.4 is 14.8 Å². The molecule has 0 radical (unpaired) electrons. The van der Waals surface area contributed by atoms with Crippen molar-refractivity contribution in [3.8, 4) is 5.75 Å². The van der Waals surface area contributed by atoms with Gasteiger partial charge in [0.15, 0.2) is 0 Å². The fourth-order valence-corrected chi connectivity index (χ4v) is 3.72. The van der Waals surface area contributed by atoms with Crippen LogP contribution in [0, 0.1) is 5.82 Å². The molecule has 0 fully saturated rings. The van der Waals surface area contributed by atoms with Crippen LogP contribution in [0.3, 0.4) is 0 Å². The predicted molar refractivity (Wildman–Crippen MR) is 111 cm³/mol. The molecular weight excluding hydrogens is 407 g/mol. The van der Waals surface area contributed by atoms with E-state index in [4.69, 9.17) is 4.74 Å². The third-order valence-corrected chi connectivity index (χ3v) is 5.57. The van der Waals surface area contributed by atoms with Gasteiger partial charge in [-0.2, -0.15) is 0 Å². The summed E-state index contributed by atoms with van der Waals surface area (Å²) < 4.78 is 46.1. The maximum absolute atomic E-state index is 13.1. The van der Waals surface area contributed by atoms with Gasteiger partial charge < -0.3 is 10.1 Å². The Bertz CT molecular complexity index is 1100. The summed E-state index contributed by atoms with van der Waals surface area (Å²) in [6.07, 6.45) is 0. The molecule has 3 rings (SSSR count). The third kappa shape index (κ3) is 6.13. The molecule has 0 spiro atoms. The Morgan fingerprint density at radius 1 is 0.933 bits per heavy atom. The van der Waals surface area contributed by atoms with Crippen molar-refractivity contribution >= 4 is 15.9 Å². The first-order valence-electron chi connectivity index (χ1n) is 9.24. The first-order valence-corrected chi connectivity index (χ1v) is 10.7. The molecule has 0 saturated carbocycles. The Morgan fingerprint density at radius 3 is 2.47 bits per heavy atom. The Balaban J connectivity index is 1.55. The molecule has 0 saturated heterocycles. The largest absolute Gasteiger partial charge is 0.492 e. The molecule has 2 N–H and O–H groups in total. The van der Waals surface area contributed by atoms with Crippen molar-refractivity contribution in [1.82, 2.24) is 10.0 Å². The van der Waals surface area contributed by atoms with Crippen molar-refractivity contribution in [2.24, 2.45) is 0 Å². The molecule has 0 aliphatic rings. The zero-order valence-corrected chi connectivity index (χ0v) is 16.9. The predicted octanol–water partition coefficient (Wildman–Crippen LogP) is 3.11. The van der Waals surface area contributed by atoms with Crippen molar-refractivity contribution in [2.45, 2.75) is 11.4 Å². The van der Waals surface area contributed by atoms with Crippen molar-refractivity contribution in [3.05, 3.63) is 95.8 Å². The zero-order chi connectivity index (χ0) is 21.4. The number of carbonyl (C=O) groups is 1. The third-order valence-electron chi connectivity index (χ3n) is 4.17. The number of hydrogen-bond donors (Lipinski definition) is 2. The number of rotatable bonds is 9. The summed E-state index contributed by atoms with van der Waals surface area (Å²) in [6.45, 7) is 0.474. The van der Waals surface area contributed by atoms with Crippen molar-refractivity contribution in [3.63, 3.8) is 0 Å². The van der Waals surface area contributed by atoms with Gasteiger partial charge in [-0.05, 0) is 35.9 Å². The number of benzene rings is 3. The van der Waals surface area contributed by atoms with Crippen LogP contribution >= 0.6 is 0 Å². The minimum Gasteiger partial charge on any atom is -0.492 e. The first-order chi connectivity index (χ1) is 14.4. The number of ether oxygens (including phenoxy) is 1. The van der Waals surface area contributed by atoms with Gasteiger partial charge in [-0.25, -0.2) is 17.5 Å². The number of hydrogen-bond acceptors (Lipinski definition) is 4. The fourth-order valence-electron chi connectivity index (χ4n) is 2.65. The summed E-state index contributed by atoms with van der Waals surface area (Å²) in [5.74, 6) is -0.477. The summed E-state index contributed by atoms with van der Waals surface area (Å²) in [4.78, 5) is 12.3. The lowest BCUT2D eigenvalue weighted by Crippen LogP contribution is -2.28. The number of nitrogens with one attached hydrogen (secondary N) is 2. The smallest absolute Gasteiger partial charge is 0.251 e. The van der Waals surface area contributed by atoms with Crippen LogP contribution in [0.15, 0.2) is 83.8 Å². The van der Waals surface area contributed by atoms with Crippen LogP contribution in [0.2, 0.25) is 0 Å². The molecule has 0 aliphatic carbocycles. The van der Waals surface area contributed by atoms with E-state index < -0.39 is 21.7 Å². The van der Waals surface area contributed by atoms with Gasteiger partial charge in [-0.3, -0.25) is 4.79 Å². The summed E-state index contributed by atoms with van der Waals surface area (Å²) in [7, 11) is -3.77. The monoisotopic (exact) mass is 428 g/mol. The van der Waals surface area contributed by atoms with Gasteiger partial charge in [0.2, 0.25) is 10.0 Å². The standard InChI is InChI=1S/C22H21FN2O4S/c23-19-9-5-10-20(15-19)29-13-12-24-22(26)18-8-4-11-21(14-18)30(27,28)25-16-17-6-2-1-3-7-17/h1-11,14-15,25H,12-13,16H2,(H,24,26). The van der Waals surface area contributed by atoms with E-state index in [-0.39, 0.29) is 30.2 Å². The fraction of sp³-hybridized carbons (Fsp3) is 0.136. The summed E-state index contributed by atoms with van der Waals surface area (Å²) in [6, 6.07) is 20.6. The Morgan fingerprint density at radius 2 is 1.70 bits per heavy atom. The number of amides is 1. The Labute approximate surface area is 174 Å². The van der Waals surface area contributed by atoms with Crippen LogP contribution in [0.1, 0.15) is 15.9 Å². The lowest BCUT2D eigenvalue weighted by molar-refractivity contribution is 0.0946. The number of halogens is 1. The van der Waals surface area contributed by atoms with Crippen molar-refractivity contribution in [2.75, 3.05) is 13.2 Å². The average molecular weight is 428 g/mol. The second-order valence-electron chi connectivity index (χ2n) is 6.40. The summed E-state index contributed by atoms with van der Waals surface area (Å²) >= 11 is 0. The van der Waals surface area contributed by atoms with Crippen LogP contribution in [-0.4, -0.2) is 27.5 Å². The maximum atomic E-state index is 13.1. The van der Waals surface area contributed by atoms with Gasteiger partial charge in [0.25, 0.3) is 5.91 Å². The average Bonchev–Trinajstić information content (AvgIpc) is 2.76. The van der Waals surface area contributed by atoms with E-state index in [2.05, 4.69) is 10.0 Å². The summed E-state index contributed by atoms with van der Waals surface area (Å²) in [5, 5.41) is 2.65. The van der Waals surface area contributed by atoms with E-state index in [0.29, 0.717) is 5.75 Å². The van der Waals surface area contributed by atoms with Gasteiger partial charge in [-0.1, -0.05) is 42.5 Å². The molecule has 0 bridgehead atoms. The highest BCUT2D eigenvalue weighted by molar-refractivity contribution is 7.89. The Hall–Kier alpha value is -3.23. The quantitative estimate of drug-likeness (QED) is 0.513. The van der Waals surface area contributed by atoms with E-state index in [1.165, 1.54) is 42.5 Å². The molecular formula is C22H21FN2O4S. The lowest BCUT2D eigenvalue weighted by atomic mass is 10.2. The van der Waals surface area contributed by atoms with Gasteiger partial charge in [0, 0.05) is 18.2 Å². The first kappa shape index (κ1) is 21.5. The molecule has 1 amide bonds. The normalized spacial score (nSPS) is 11.1. The molecule has 30 heavy (non-hydrogen) atoms. The topological polar surface area (TPSA) is 84.5 Å². The van der Waals surface area contributed by atoms with Crippen molar-refractivity contribution in [1.29, 1.82) is 0 Å². The van der Waals surface area contributed by atoms with Gasteiger partial charge >= 0.3 is 0 Å². The number of sulfonamides is 1. The SMILES string of the molecule is O=C(NCCOc1cccc(F)c1)c1cccc(S(=O)(=O)NCc2ccccc2)c1. The molecule has 0 unspecified atom stereocenters. The maximum Gasteiger partial charge on any atom is 0.251 e. The molecule has 8 heteroatoms. The zero-order valence-electron chi connectivity index (χ0n) is 16.0. The lowest BCUT2D eigenvalue weighted by Gasteiger charge is -2.10. The minimum absolute atomic E-state index is 0.00194. The van der Waals surface area contributed by atoms with Crippen LogP contribution in [0.5, 0.6) is 5.75 Å². The minimum atomic E-state index is -3.77. The summed E-state index contributed by atoms with van der Waals surface area (Å²) in [5.41, 5.74) is 1.04. The highest BCUT2D eigenvalue weighted by Crippen LogP contribution is 2.13. The second kappa shape index (κ2) is 10.00. The molecule has 6 nitrogen and oxygen atoms in total. The van der Waals surface area contributed by atoms with E-state index in [1.807, 2.05) is 30.3 Å². The van der Waals surface area contributed by atoms with Crippen LogP contribution in [0.25, 0.3) is 0 Å². The van der Waals surface area contributed by atoms with E-state index in [1.54, 1.807) is 6.07 Å². The molecule has 3 aromatic carbocycles. The Kier molecular flexibility index (Phi) is 7.16. The van der Waals surface area contributed by atoms with Gasteiger partial charge in [0.05, 0.1) is 11.4 Å². The van der Waals surface area contributed by atoms with E-state index >= 15 is 0 Å². The highest BCUT2D eigenvalue weighted by Gasteiger charge is 2.16. The molecule has 0 aliphatic heterocycles. The van der Waals surface area contributed by atoms with E-state index in [0.717, 1.165) is 5.56 Å². The van der Waals surface area contributed by atoms with E-state index in [9.17, 15) is 17.6 Å². The molecule has 3 aromatic rings. The molecule has 0 heterocycles. The van der Waals surface area contributed by atoms with Crippen molar-refractivity contribution < 1.29 is 22.3 Å². The van der Waals surface area contributed by atoms with Gasteiger partial charge in [0.1, 0.15) is 18.2 Å². The molecule has 0 aromatic heterocycles. The highest BCUT2D eigenvalue weighted by atomic mass is 32.2. The molecule has 0 atom stereocenters. The molecule has 156 valence electrons. The van der Waals surface area contributed by atoms with Gasteiger partial charge in [-0.15, -0.1) is 0 Å².